The number of benzene rings is 1. The Bertz CT molecular complexity index is 728. The molecule has 2 rings (SSSR count). The van der Waals surface area contributed by atoms with Crippen LogP contribution in [0.25, 0.3) is 0 Å². The van der Waals surface area contributed by atoms with Crippen LogP contribution in [0.5, 0.6) is 11.5 Å². The first-order valence-electron chi connectivity index (χ1n) is 9.91. The molecule has 8 heteroatoms. The number of hydrogen-bond donors (Lipinski definition) is 1. The van der Waals surface area contributed by atoms with Crippen molar-refractivity contribution in [1.29, 1.82) is 0 Å². The molecule has 1 atom stereocenters. The molecule has 0 aromatic heterocycles. The molecule has 1 unspecified atom stereocenters. The van der Waals surface area contributed by atoms with E-state index in [0.29, 0.717) is 42.7 Å². The van der Waals surface area contributed by atoms with Crippen molar-refractivity contribution >= 4 is 10.0 Å². The normalized spacial score (nSPS) is 16.9. The van der Waals surface area contributed by atoms with E-state index in [1.54, 1.807) is 13.0 Å². The maximum absolute atomic E-state index is 13.1. The van der Waals surface area contributed by atoms with Gasteiger partial charge in [-0.1, -0.05) is 26.7 Å². The number of morpholine rings is 1. The van der Waals surface area contributed by atoms with E-state index in [1.165, 1.54) is 20.3 Å². The topological polar surface area (TPSA) is 77.1 Å². The summed E-state index contributed by atoms with van der Waals surface area (Å²) in [6, 6.07) is 3.36. The van der Waals surface area contributed by atoms with Crippen molar-refractivity contribution in [3.63, 3.8) is 0 Å². The summed E-state index contributed by atoms with van der Waals surface area (Å²) in [6.45, 7) is 9.51. The van der Waals surface area contributed by atoms with E-state index in [0.717, 1.165) is 25.9 Å². The lowest BCUT2D eigenvalue weighted by Crippen LogP contribution is -2.52. The highest BCUT2D eigenvalue weighted by Gasteiger charge is 2.29. The number of sulfonamides is 1. The molecule has 1 aliphatic heterocycles. The van der Waals surface area contributed by atoms with Gasteiger partial charge in [-0.2, -0.15) is 0 Å². The molecule has 0 amide bonds. The Kier molecular flexibility index (Phi) is 8.55. The molecule has 160 valence electrons. The highest BCUT2D eigenvalue weighted by Crippen LogP contribution is 2.32. The third kappa shape index (κ3) is 5.37. The Morgan fingerprint density at radius 1 is 1.11 bits per heavy atom. The molecule has 0 radical (unpaired) electrons. The van der Waals surface area contributed by atoms with Crippen molar-refractivity contribution in [2.24, 2.45) is 5.92 Å². The largest absolute Gasteiger partial charge is 0.493 e. The molecule has 0 spiro atoms. The lowest BCUT2D eigenvalue weighted by molar-refractivity contribution is 0.00297. The summed E-state index contributed by atoms with van der Waals surface area (Å²) < 4.78 is 45.0. The van der Waals surface area contributed by atoms with Crippen molar-refractivity contribution in [1.82, 2.24) is 9.62 Å². The zero-order chi connectivity index (χ0) is 20.7. The van der Waals surface area contributed by atoms with Gasteiger partial charge >= 0.3 is 0 Å². The average Bonchev–Trinajstić information content (AvgIpc) is 2.71. The third-order valence-corrected chi connectivity index (χ3v) is 7.13. The standard InChI is InChI=1S/C20H34N2O5S/c1-6-16(7-2)17(22-8-10-27-11-9-22)14-21-28(23,24)20-13-19(26-5)18(25-4)12-15(20)3/h12-13,16-17,21H,6-11,14H2,1-5H3. The molecule has 1 aromatic rings. The molecule has 0 bridgehead atoms. The van der Waals surface area contributed by atoms with Crippen LogP contribution in [0.3, 0.4) is 0 Å². The first kappa shape index (κ1) is 22.9. The third-order valence-electron chi connectivity index (χ3n) is 5.56. The molecule has 1 N–H and O–H groups in total. The van der Waals surface area contributed by atoms with E-state index in [9.17, 15) is 8.42 Å². The number of hydrogen-bond acceptors (Lipinski definition) is 6. The van der Waals surface area contributed by atoms with Crippen LogP contribution >= 0.6 is 0 Å². The summed E-state index contributed by atoms with van der Waals surface area (Å²) in [5, 5.41) is 0. The Hall–Kier alpha value is -1.35. The van der Waals surface area contributed by atoms with Gasteiger partial charge in [0.15, 0.2) is 11.5 Å². The fourth-order valence-corrected chi connectivity index (χ4v) is 5.15. The lowest BCUT2D eigenvalue weighted by atomic mass is 9.92. The Morgan fingerprint density at radius 3 is 2.21 bits per heavy atom. The van der Waals surface area contributed by atoms with Gasteiger partial charge in [0, 0.05) is 31.7 Å². The number of aryl methyl sites for hydroxylation is 1. The van der Waals surface area contributed by atoms with Gasteiger partial charge in [0.25, 0.3) is 0 Å². The van der Waals surface area contributed by atoms with Crippen LogP contribution < -0.4 is 14.2 Å². The van der Waals surface area contributed by atoms with Gasteiger partial charge in [0.05, 0.1) is 32.3 Å². The monoisotopic (exact) mass is 414 g/mol. The van der Waals surface area contributed by atoms with E-state index in [2.05, 4.69) is 23.5 Å². The van der Waals surface area contributed by atoms with Crippen LogP contribution in [-0.2, 0) is 14.8 Å². The summed E-state index contributed by atoms with van der Waals surface area (Å²) in [5.74, 6) is 1.34. The maximum Gasteiger partial charge on any atom is 0.241 e. The second kappa shape index (κ2) is 10.4. The zero-order valence-electron chi connectivity index (χ0n) is 17.7. The van der Waals surface area contributed by atoms with Crippen LogP contribution in [0.15, 0.2) is 17.0 Å². The fourth-order valence-electron chi connectivity index (χ4n) is 3.86. The summed E-state index contributed by atoms with van der Waals surface area (Å²) in [4.78, 5) is 2.57. The van der Waals surface area contributed by atoms with Crippen molar-refractivity contribution < 1.29 is 22.6 Å². The predicted octanol–water partition coefficient (Wildman–Crippen LogP) is 2.43. The highest BCUT2D eigenvalue weighted by atomic mass is 32.2. The number of methoxy groups -OCH3 is 2. The molecular formula is C20H34N2O5S. The molecule has 0 saturated carbocycles. The summed E-state index contributed by atoms with van der Waals surface area (Å²) in [7, 11) is -0.643. The minimum atomic E-state index is -3.68. The predicted molar refractivity (Wildman–Crippen MR) is 110 cm³/mol. The van der Waals surface area contributed by atoms with Crippen LogP contribution in [0.4, 0.5) is 0 Å². The summed E-state index contributed by atoms with van der Waals surface area (Å²) in [5.41, 5.74) is 0.621. The molecular weight excluding hydrogens is 380 g/mol. The van der Waals surface area contributed by atoms with Gasteiger partial charge in [0.1, 0.15) is 0 Å². The van der Waals surface area contributed by atoms with Crippen LogP contribution in [-0.4, -0.2) is 66.4 Å². The lowest BCUT2D eigenvalue weighted by Gasteiger charge is -2.38. The van der Waals surface area contributed by atoms with Crippen molar-refractivity contribution in [3.8, 4) is 11.5 Å². The minimum absolute atomic E-state index is 0.147. The van der Waals surface area contributed by atoms with E-state index < -0.39 is 10.0 Å². The first-order chi connectivity index (χ1) is 13.4. The second-order valence-electron chi connectivity index (χ2n) is 7.12. The quantitative estimate of drug-likeness (QED) is 0.634. The second-order valence-corrected chi connectivity index (χ2v) is 8.85. The number of nitrogens with one attached hydrogen (secondary N) is 1. The van der Waals surface area contributed by atoms with Gasteiger partial charge < -0.3 is 14.2 Å². The highest BCUT2D eigenvalue weighted by molar-refractivity contribution is 7.89. The zero-order valence-corrected chi connectivity index (χ0v) is 18.5. The fraction of sp³-hybridized carbons (Fsp3) is 0.700. The van der Waals surface area contributed by atoms with Gasteiger partial charge in [0.2, 0.25) is 10.0 Å². The smallest absolute Gasteiger partial charge is 0.241 e. The van der Waals surface area contributed by atoms with E-state index in [-0.39, 0.29) is 10.9 Å². The van der Waals surface area contributed by atoms with Crippen molar-refractivity contribution in [2.75, 3.05) is 47.1 Å². The molecule has 1 saturated heterocycles. The summed E-state index contributed by atoms with van der Waals surface area (Å²) in [6.07, 6.45) is 2.02. The van der Waals surface area contributed by atoms with E-state index >= 15 is 0 Å². The first-order valence-corrected chi connectivity index (χ1v) is 11.4. The summed E-state index contributed by atoms with van der Waals surface area (Å²) >= 11 is 0. The number of rotatable bonds is 10. The molecule has 1 aliphatic rings. The number of ether oxygens (including phenoxy) is 3. The van der Waals surface area contributed by atoms with E-state index in [4.69, 9.17) is 14.2 Å². The molecule has 28 heavy (non-hydrogen) atoms. The molecule has 1 aromatic carbocycles. The Balaban J connectivity index is 2.23. The van der Waals surface area contributed by atoms with Gasteiger partial charge in [-0.3, -0.25) is 4.90 Å². The van der Waals surface area contributed by atoms with Gasteiger partial charge in [-0.25, -0.2) is 13.1 Å². The average molecular weight is 415 g/mol. The van der Waals surface area contributed by atoms with E-state index in [1.807, 2.05) is 0 Å². The molecule has 0 aliphatic carbocycles. The molecule has 1 fully saturated rings. The van der Waals surface area contributed by atoms with Crippen molar-refractivity contribution in [2.45, 2.75) is 44.6 Å². The van der Waals surface area contributed by atoms with Crippen LogP contribution in [0, 0.1) is 12.8 Å². The maximum atomic E-state index is 13.1. The van der Waals surface area contributed by atoms with Crippen LogP contribution in [0.1, 0.15) is 32.3 Å². The van der Waals surface area contributed by atoms with Crippen molar-refractivity contribution in [3.05, 3.63) is 17.7 Å². The van der Waals surface area contributed by atoms with Gasteiger partial charge in [-0.15, -0.1) is 0 Å². The van der Waals surface area contributed by atoms with Gasteiger partial charge in [-0.05, 0) is 24.5 Å². The SMILES string of the molecule is CCC(CC)C(CNS(=O)(=O)c1cc(OC)c(OC)cc1C)N1CCOCC1. The molecule has 7 nitrogen and oxygen atoms in total. The Labute approximate surface area is 169 Å². The minimum Gasteiger partial charge on any atom is -0.493 e. The number of nitrogens with zero attached hydrogens (tertiary/aromatic N) is 1. The van der Waals surface area contributed by atoms with Crippen LogP contribution in [0.2, 0.25) is 0 Å². The Morgan fingerprint density at radius 2 is 1.68 bits per heavy atom. The molecule has 1 heterocycles.